The van der Waals surface area contributed by atoms with Crippen LogP contribution in [0.1, 0.15) is 91.9 Å². The van der Waals surface area contributed by atoms with Crippen molar-refractivity contribution < 1.29 is 17.9 Å². The van der Waals surface area contributed by atoms with Crippen LogP contribution in [0, 0.1) is 52.3 Å². The first-order valence-corrected chi connectivity index (χ1v) is 12.6. The van der Waals surface area contributed by atoms with Crippen molar-refractivity contribution in [3.05, 3.63) is 0 Å². The minimum Gasteiger partial charge on any atom is -0.381 e. The molecule has 0 spiro atoms. The summed E-state index contributed by atoms with van der Waals surface area (Å²) in [6.45, 7) is 9.53. The lowest BCUT2D eigenvalue weighted by molar-refractivity contribution is -0.200. The Morgan fingerprint density at radius 1 is 0.867 bits per heavy atom. The van der Waals surface area contributed by atoms with Crippen molar-refractivity contribution in [1.29, 1.82) is 0 Å². The van der Waals surface area contributed by atoms with Gasteiger partial charge in [0.05, 0.1) is 12.0 Å². The Morgan fingerprint density at radius 3 is 2.20 bits per heavy atom. The number of hydrogen-bond donors (Lipinski definition) is 0. The molecule has 0 aromatic heterocycles. The summed E-state index contributed by atoms with van der Waals surface area (Å²) in [5, 5.41) is 0. The highest BCUT2D eigenvalue weighted by atomic mass is 19.4. The maximum absolute atomic E-state index is 13.5. The van der Waals surface area contributed by atoms with Crippen LogP contribution in [0.15, 0.2) is 0 Å². The van der Waals surface area contributed by atoms with Gasteiger partial charge in [0.25, 0.3) is 0 Å². The van der Waals surface area contributed by atoms with Gasteiger partial charge in [0, 0.05) is 7.11 Å². The average Bonchev–Trinajstić information content (AvgIpc) is 2.96. The molecule has 0 aliphatic heterocycles. The summed E-state index contributed by atoms with van der Waals surface area (Å²) >= 11 is 0. The molecule has 10 atom stereocenters. The third-order valence-corrected chi connectivity index (χ3v) is 11.2. The van der Waals surface area contributed by atoms with Gasteiger partial charge in [-0.25, -0.2) is 0 Å². The van der Waals surface area contributed by atoms with Crippen LogP contribution in [0.2, 0.25) is 0 Å². The van der Waals surface area contributed by atoms with Gasteiger partial charge in [0.2, 0.25) is 0 Å². The number of methoxy groups -OCH3 is 1. The molecule has 4 aliphatic rings. The predicted molar refractivity (Wildman–Crippen MR) is 115 cm³/mol. The monoisotopic (exact) mass is 428 g/mol. The van der Waals surface area contributed by atoms with E-state index in [0.29, 0.717) is 36.0 Å². The number of hydrogen-bond acceptors (Lipinski definition) is 1. The quantitative estimate of drug-likeness (QED) is 0.444. The van der Waals surface area contributed by atoms with E-state index >= 15 is 0 Å². The number of rotatable bonds is 3. The van der Waals surface area contributed by atoms with Crippen LogP contribution >= 0.6 is 0 Å². The number of ether oxygens (including phenoxy) is 1. The fourth-order valence-electron chi connectivity index (χ4n) is 9.21. The first-order valence-electron chi connectivity index (χ1n) is 12.6. The number of alkyl halides is 3. The first kappa shape index (κ1) is 22.9. The Morgan fingerprint density at radius 2 is 1.53 bits per heavy atom. The van der Waals surface area contributed by atoms with E-state index in [1.165, 1.54) is 32.1 Å². The largest absolute Gasteiger partial charge is 0.391 e. The molecule has 4 aliphatic carbocycles. The molecule has 4 rings (SSSR count). The molecule has 0 bridgehead atoms. The van der Waals surface area contributed by atoms with Crippen molar-refractivity contribution in [2.75, 3.05) is 7.11 Å². The highest BCUT2D eigenvalue weighted by molar-refractivity contribution is 5.09. The molecule has 0 saturated heterocycles. The molecule has 4 saturated carbocycles. The molecular formula is C26H43F3O. The minimum atomic E-state index is -4.01. The smallest absolute Gasteiger partial charge is 0.381 e. The summed E-state index contributed by atoms with van der Waals surface area (Å²) in [5.74, 6) is 2.59. The van der Waals surface area contributed by atoms with Crippen LogP contribution in [-0.2, 0) is 4.74 Å². The van der Waals surface area contributed by atoms with Crippen molar-refractivity contribution in [3.8, 4) is 0 Å². The molecule has 0 heterocycles. The predicted octanol–water partition coefficient (Wildman–Crippen LogP) is 7.88. The van der Waals surface area contributed by atoms with Gasteiger partial charge in [-0.15, -0.1) is 0 Å². The van der Waals surface area contributed by atoms with Crippen molar-refractivity contribution in [2.45, 2.75) is 104 Å². The second kappa shape index (κ2) is 7.96. The molecule has 0 unspecified atom stereocenters. The summed E-state index contributed by atoms with van der Waals surface area (Å²) in [5.41, 5.74) is 0.501. The normalized spacial score (nSPS) is 48.8. The molecule has 0 aromatic rings. The molecule has 0 aromatic carbocycles. The van der Waals surface area contributed by atoms with Gasteiger partial charge in [-0.2, -0.15) is 13.2 Å². The third-order valence-electron chi connectivity index (χ3n) is 11.2. The minimum absolute atomic E-state index is 0.119. The summed E-state index contributed by atoms with van der Waals surface area (Å²) in [6, 6.07) is 0. The lowest BCUT2D eigenvalue weighted by Gasteiger charge is -2.57. The van der Waals surface area contributed by atoms with Crippen molar-refractivity contribution >= 4 is 0 Å². The van der Waals surface area contributed by atoms with Crippen LogP contribution in [0.25, 0.3) is 0 Å². The summed E-state index contributed by atoms with van der Waals surface area (Å²) in [7, 11) is 1.83. The van der Waals surface area contributed by atoms with E-state index in [9.17, 15) is 13.2 Å². The van der Waals surface area contributed by atoms with Gasteiger partial charge in [0.15, 0.2) is 0 Å². The summed E-state index contributed by atoms with van der Waals surface area (Å²) < 4.78 is 46.2. The molecule has 4 heteroatoms. The van der Waals surface area contributed by atoms with Gasteiger partial charge in [-0.1, -0.05) is 27.2 Å². The zero-order chi connectivity index (χ0) is 21.9. The van der Waals surface area contributed by atoms with E-state index in [1.54, 1.807) is 0 Å². The Bertz CT molecular complexity index is 618. The highest BCUT2D eigenvalue weighted by Gasteiger charge is 2.61. The second-order valence-corrected chi connectivity index (χ2v) is 12.1. The molecule has 4 fully saturated rings. The lowest BCUT2D eigenvalue weighted by Crippen LogP contribution is -2.50. The van der Waals surface area contributed by atoms with Crippen LogP contribution in [-0.4, -0.2) is 19.4 Å². The summed E-state index contributed by atoms with van der Waals surface area (Å²) in [4.78, 5) is 0. The van der Waals surface area contributed by atoms with Crippen molar-refractivity contribution in [3.63, 3.8) is 0 Å². The molecule has 0 radical (unpaired) electrons. The Hall–Kier alpha value is -0.250. The first-order chi connectivity index (χ1) is 14.0. The highest BCUT2D eigenvalue weighted by Crippen LogP contribution is 2.68. The lowest BCUT2D eigenvalue weighted by atomic mass is 9.48. The SMILES string of the molecule is CO[C@H](C)[C@@H](C)[C@H]1CC[C@H]2[C@H]3CCC[C@@H]4C[C@@H](C(F)(F)F)CC[C@]4(C)[C@H]3CC[C@]12C. The Labute approximate surface area is 181 Å². The van der Waals surface area contributed by atoms with Gasteiger partial charge in [-0.3, -0.25) is 0 Å². The van der Waals surface area contributed by atoms with Crippen molar-refractivity contribution in [2.24, 2.45) is 52.3 Å². The molecular weight excluding hydrogens is 385 g/mol. The van der Waals surface area contributed by atoms with Gasteiger partial charge >= 0.3 is 6.18 Å². The third kappa shape index (κ3) is 3.55. The van der Waals surface area contributed by atoms with E-state index < -0.39 is 12.1 Å². The van der Waals surface area contributed by atoms with Gasteiger partial charge in [0.1, 0.15) is 0 Å². The van der Waals surface area contributed by atoms with Gasteiger partial charge < -0.3 is 4.74 Å². The maximum Gasteiger partial charge on any atom is 0.391 e. The van der Waals surface area contributed by atoms with E-state index in [4.69, 9.17) is 4.74 Å². The zero-order valence-corrected chi connectivity index (χ0v) is 19.7. The van der Waals surface area contributed by atoms with Gasteiger partial charge in [-0.05, 0) is 111 Å². The fraction of sp³-hybridized carbons (Fsp3) is 1.00. The molecule has 174 valence electrons. The van der Waals surface area contributed by atoms with Crippen molar-refractivity contribution in [1.82, 2.24) is 0 Å². The number of halogens is 3. The average molecular weight is 429 g/mol. The maximum atomic E-state index is 13.5. The van der Waals surface area contributed by atoms with Crippen LogP contribution in [0.5, 0.6) is 0 Å². The van der Waals surface area contributed by atoms with Crippen LogP contribution < -0.4 is 0 Å². The fourth-order valence-corrected chi connectivity index (χ4v) is 9.21. The number of fused-ring (bicyclic) bond motifs is 5. The Kier molecular flexibility index (Phi) is 6.08. The van der Waals surface area contributed by atoms with E-state index in [1.807, 2.05) is 7.11 Å². The van der Waals surface area contributed by atoms with E-state index in [0.717, 1.165) is 31.1 Å². The Balaban J connectivity index is 1.57. The van der Waals surface area contributed by atoms with E-state index in [-0.39, 0.29) is 17.4 Å². The van der Waals surface area contributed by atoms with Crippen LogP contribution in [0.3, 0.4) is 0 Å². The molecule has 0 N–H and O–H groups in total. The zero-order valence-electron chi connectivity index (χ0n) is 19.7. The molecule has 0 amide bonds. The van der Waals surface area contributed by atoms with Crippen LogP contribution in [0.4, 0.5) is 13.2 Å². The summed E-state index contributed by atoms with van der Waals surface area (Å²) in [6.07, 6.45) is 6.30. The second-order valence-electron chi connectivity index (χ2n) is 12.1. The standard InChI is InChI=1S/C26H43F3O/c1-16(17(2)30-5)21-9-10-22-20-8-6-7-18-15-19(26(27,28)29)11-13-24(18,3)23(20)12-14-25(21,22)4/h16-23H,6-15H2,1-5H3/t16-,17-,18-,19+,20-,21-,22+,23+,24+,25-/m1/s1. The molecule has 30 heavy (non-hydrogen) atoms. The topological polar surface area (TPSA) is 9.23 Å². The molecule has 1 nitrogen and oxygen atoms in total. The van der Waals surface area contributed by atoms with E-state index in [2.05, 4.69) is 27.7 Å².